The number of amides is 2. The summed E-state index contributed by atoms with van der Waals surface area (Å²) in [4.78, 5) is 29.2. The number of aryl methyl sites for hydroxylation is 2. The number of methoxy groups -OCH3 is 1. The number of hydrogen-bond acceptors (Lipinski definition) is 7. The summed E-state index contributed by atoms with van der Waals surface area (Å²) in [5.74, 6) is -0.0976. The van der Waals surface area contributed by atoms with Crippen LogP contribution in [0.25, 0.3) is 0 Å². The summed E-state index contributed by atoms with van der Waals surface area (Å²) in [5, 5.41) is 13.3. The van der Waals surface area contributed by atoms with Crippen LogP contribution in [0.3, 0.4) is 0 Å². The average Bonchev–Trinajstić information content (AvgIpc) is 2.97. The minimum Gasteiger partial charge on any atom is -0.453 e. The summed E-state index contributed by atoms with van der Waals surface area (Å²) in [6.07, 6.45) is 0.669. The molecule has 2 rings (SSSR count). The monoisotopic (exact) mass is 310 g/mol. The van der Waals surface area contributed by atoms with Crippen molar-refractivity contribution in [1.29, 1.82) is 0 Å². The highest BCUT2D eigenvalue weighted by molar-refractivity contribution is 7.15. The van der Waals surface area contributed by atoms with Crippen LogP contribution in [0.1, 0.15) is 10.6 Å². The van der Waals surface area contributed by atoms with E-state index >= 15 is 0 Å². The minimum absolute atomic E-state index is 0.0828. The Hall–Kier alpha value is -2.49. The zero-order valence-electron chi connectivity index (χ0n) is 11.7. The third-order valence-corrected chi connectivity index (χ3v) is 3.50. The Balaban J connectivity index is 1.92. The highest BCUT2D eigenvalue weighted by Crippen LogP contribution is 2.20. The van der Waals surface area contributed by atoms with Gasteiger partial charge in [0.15, 0.2) is 10.9 Å². The third kappa shape index (κ3) is 3.99. The van der Waals surface area contributed by atoms with Gasteiger partial charge in [0.05, 0.1) is 19.0 Å². The van der Waals surface area contributed by atoms with E-state index in [1.165, 1.54) is 24.6 Å². The van der Waals surface area contributed by atoms with E-state index in [2.05, 4.69) is 30.6 Å². The van der Waals surface area contributed by atoms with Crippen LogP contribution in [0, 0.1) is 13.8 Å². The quantitative estimate of drug-likeness (QED) is 0.877. The first-order chi connectivity index (χ1) is 9.97. The lowest BCUT2D eigenvalue weighted by molar-refractivity contribution is -0.117. The fourth-order valence-electron chi connectivity index (χ4n) is 1.40. The van der Waals surface area contributed by atoms with Crippen molar-refractivity contribution in [2.75, 3.05) is 17.7 Å². The first-order valence-electron chi connectivity index (χ1n) is 5.97. The Morgan fingerprint density at radius 1 is 1.38 bits per heavy atom. The molecule has 2 heterocycles. The lowest BCUT2D eigenvalue weighted by atomic mass is 10.4. The van der Waals surface area contributed by atoms with E-state index in [-0.39, 0.29) is 18.3 Å². The lowest BCUT2D eigenvalue weighted by Crippen LogP contribution is -2.20. The molecule has 0 unspecified atom stereocenters. The largest absolute Gasteiger partial charge is 0.453 e. The summed E-state index contributed by atoms with van der Waals surface area (Å²) in [6, 6.07) is 0. The Morgan fingerprint density at radius 2 is 2.14 bits per heavy atom. The lowest BCUT2D eigenvalue weighted by Gasteiger charge is -2.00. The van der Waals surface area contributed by atoms with Gasteiger partial charge in [-0.15, -0.1) is 16.4 Å². The predicted molar refractivity (Wildman–Crippen MR) is 76.3 cm³/mol. The van der Waals surface area contributed by atoms with E-state index in [1.54, 1.807) is 0 Å². The molecule has 0 fully saturated rings. The molecular formula is C11H14N6O3S. The smallest absolute Gasteiger partial charge is 0.412 e. The maximum absolute atomic E-state index is 11.8. The van der Waals surface area contributed by atoms with Crippen LogP contribution in [0.5, 0.6) is 0 Å². The number of anilines is 2. The number of carbonyl (C=O) groups excluding carboxylic acids is 2. The zero-order chi connectivity index (χ0) is 15.4. The first kappa shape index (κ1) is 14.9. The molecule has 0 aliphatic rings. The van der Waals surface area contributed by atoms with E-state index in [4.69, 9.17) is 0 Å². The molecule has 10 heteroatoms. The predicted octanol–water partition coefficient (Wildman–Crippen LogP) is 1.17. The number of hydrogen-bond donors (Lipinski definition) is 2. The Labute approximate surface area is 124 Å². The molecule has 0 spiro atoms. The molecule has 2 N–H and O–H groups in total. The van der Waals surface area contributed by atoms with Crippen LogP contribution < -0.4 is 10.6 Å². The first-order valence-corrected chi connectivity index (χ1v) is 6.78. The SMILES string of the molecule is COC(=O)Nc1cnn(CC(=O)Nc2nc(C)c(C)s2)n1. The van der Waals surface area contributed by atoms with Gasteiger partial charge >= 0.3 is 6.09 Å². The van der Waals surface area contributed by atoms with Crippen molar-refractivity contribution in [1.82, 2.24) is 20.0 Å². The van der Waals surface area contributed by atoms with Gasteiger partial charge in [-0.1, -0.05) is 0 Å². The van der Waals surface area contributed by atoms with Crippen LogP contribution in [-0.4, -0.2) is 39.1 Å². The van der Waals surface area contributed by atoms with E-state index in [0.29, 0.717) is 5.13 Å². The van der Waals surface area contributed by atoms with Crippen LogP contribution in [0.2, 0.25) is 0 Å². The van der Waals surface area contributed by atoms with Gasteiger partial charge in [-0.3, -0.25) is 10.1 Å². The van der Waals surface area contributed by atoms with Gasteiger partial charge in [-0.2, -0.15) is 9.90 Å². The molecule has 9 nitrogen and oxygen atoms in total. The summed E-state index contributed by atoms with van der Waals surface area (Å²) in [6.45, 7) is 3.73. The van der Waals surface area contributed by atoms with E-state index in [9.17, 15) is 9.59 Å². The van der Waals surface area contributed by atoms with Gasteiger partial charge in [-0.05, 0) is 13.8 Å². The highest BCUT2D eigenvalue weighted by atomic mass is 32.1. The number of aromatic nitrogens is 4. The van der Waals surface area contributed by atoms with Crippen molar-refractivity contribution in [3.8, 4) is 0 Å². The second-order valence-corrected chi connectivity index (χ2v) is 5.29. The van der Waals surface area contributed by atoms with Crippen molar-refractivity contribution < 1.29 is 14.3 Å². The van der Waals surface area contributed by atoms with Crippen molar-refractivity contribution in [3.63, 3.8) is 0 Å². The van der Waals surface area contributed by atoms with Gasteiger partial charge in [0.1, 0.15) is 6.54 Å². The van der Waals surface area contributed by atoms with Crippen LogP contribution >= 0.6 is 11.3 Å². The summed E-state index contributed by atoms with van der Waals surface area (Å²) in [5.41, 5.74) is 0.886. The molecule has 0 aliphatic heterocycles. The van der Waals surface area contributed by atoms with Gasteiger partial charge < -0.3 is 10.1 Å². The molecule has 2 aromatic rings. The second-order valence-electron chi connectivity index (χ2n) is 4.09. The summed E-state index contributed by atoms with van der Waals surface area (Å²) >= 11 is 1.40. The Kier molecular flexibility index (Phi) is 4.48. The average molecular weight is 310 g/mol. The molecule has 0 bridgehead atoms. The molecular weight excluding hydrogens is 296 g/mol. The molecule has 0 saturated heterocycles. The number of rotatable bonds is 4. The van der Waals surface area contributed by atoms with E-state index in [0.717, 1.165) is 15.4 Å². The topological polar surface area (TPSA) is 111 Å². The number of nitrogens with zero attached hydrogens (tertiary/aromatic N) is 4. The van der Waals surface area contributed by atoms with Crippen molar-refractivity contribution in [2.24, 2.45) is 0 Å². The van der Waals surface area contributed by atoms with E-state index < -0.39 is 6.09 Å². The number of nitrogens with one attached hydrogen (secondary N) is 2. The maximum atomic E-state index is 11.8. The number of ether oxygens (including phenoxy) is 1. The van der Waals surface area contributed by atoms with Gasteiger partial charge in [0, 0.05) is 4.88 Å². The minimum atomic E-state index is -0.653. The summed E-state index contributed by atoms with van der Waals surface area (Å²) in [7, 11) is 1.24. The molecule has 0 aromatic carbocycles. The summed E-state index contributed by atoms with van der Waals surface area (Å²) < 4.78 is 4.42. The highest BCUT2D eigenvalue weighted by Gasteiger charge is 2.11. The van der Waals surface area contributed by atoms with Crippen LogP contribution in [0.15, 0.2) is 6.20 Å². The fourth-order valence-corrected chi connectivity index (χ4v) is 2.23. The van der Waals surface area contributed by atoms with Crippen LogP contribution in [0.4, 0.5) is 15.7 Å². The number of carbonyl (C=O) groups is 2. The molecule has 112 valence electrons. The second kappa shape index (κ2) is 6.31. The molecule has 2 amide bonds. The van der Waals surface area contributed by atoms with Crippen molar-refractivity contribution in [2.45, 2.75) is 20.4 Å². The Bertz CT molecular complexity index is 645. The fraction of sp³-hybridized carbons (Fsp3) is 0.364. The van der Waals surface area contributed by atoms with Gasteiger partial charge in [0.25, 0.3) is 0 Å². The van der Waals surface area contributed by atoms with Gasteiger partial charge in [-0.25, -0.2) is 9.78 Å². The molecule has 0 radical (unpaired) electrons. The molecule has 0 atom stereocenters. The van der Waals surface area contributed by atoms with Crippen molar-refractivity contribution in [3.05, 3.63) is 16.8 Å². The van der Waals surface area contributed by atoms with Crippen LogP contribution in [-0.2, 0) is 16.1 Å². The van der Waals surface area contributed by atoms with Gasteiger partial charge in [0.2, 0.25) is 5.91 Å². The van der Waals surface area contributed by atoms with E-state index in [1.807, 2.05) is 13.8 Å². The zero-order valence-corrected chi connectivity index (χ0v) is 12.5. The normalized spacial score (nSPS) is 10.2. The third-order valence-electron chi connectivity index (χ3n) is 2.51. The number of thiazole rings is 1. The molecule has 0 aliphatic carbocycles. The molecule has 21 heavy (non-hydrogen) atoms. The maximum Gasteiger partial charge on any atom is 0.412 e. The Morgan fingerprint density at radius 3 is 2.76 bits per heavy atom. The molecule has 0 saturated carbocycles. The molecule has 2 aromatic heterocycles. The standard InChI is InChI=1S/C11H14N6O3S/c1-6-7(2)21-10(13-6)15-9(18)5-17-12-4-8(16-17)14-11(19)20-3/h4H,5H2,1-3H3,(H,13,15,18)(H,14,16,19). The van der Waals surface area contributed by atoms with Crippen molar-refractivity contribution >= 4 is 34.3 Å².